The van der Waals surface area contributed by atoms with Gasteiger partial charge in [-0.25, -0.2) is 8.42 Å². The maximum absolute atomic E-state index is 13.5. The number of hydrogen-bond acceptors (Lipinski definition) is 7. The number of piperazine rings is 1. The van der Waals surface area contributed by atoms with Crippen molar-refractivity contribution in [2.45, 2.75) is 17.2 Å². The molecule has 4 rings (SSSR count). The molecular weight excluding hydrogens is 514 g/mol. The van der Waals surface area contributed by atoms with Crippen molar-refractivity contribution in [2.24, 2.45) is 0 Å². The Bertz CT molecular complexity index is 1330. The summed E-state index contributed by atoms with van der Waals surface area (Å²) in [7, 11) is -4.24. The third-order valence-electron chi connectivity index (χ3n) is 5.94. The smallest absolute Gasteiger partial charge is 0.262 e. The summed E-state index contributed by atoms with van der Waals surface area (Å²) in [4.78, 5) is 42.0. The second-order valence-electron chi connectivity index (χ2n) is 8.50. The van der Waals surface area contributed by atoms with Gasteiger partial charge in [0, 0.05) is 26.2 Å². The van der Waals surface area contributed by atoms with Gasteiger partial charge in [0.15, 0.2) is 6.61 Å². The lowest BCUT2D eigenvalue weighted by molar-refractivity contribution is -0.140. The number of rotatable bonds is 8. The number of para-hydroxylation sites is 1. The minimum Gasteiger partial charge on any atom is -0.484 e. The van der Waals surface area contributed by atoms with Crippen molar-refractivity contribution in [3.8, 4) is 5.75 Å². The van der Waals surface area contributed by atoms with Gasteiger partial charge in [-0.3, -0.25) is 14.4 Å². The predicted octanol–water partition coefficient (Wildman–Crippen LogP) is 2.34. The molecular formula is C26H27N3O6S2. The number of aryl methyl sites for hydroxylation is 1. The maximum Gasteiger partial charge on any atom is 0.262 e. The van der Waals surface area contributed by atoms with Gasteiger partial charge in [-0.1, -0.05) is 42.0 Å². The monoisotopic (exact) mass is 541 g/mol. The lowest BCUT2D eigenvalue weighted by Gasteiger charge is -2.36. The number of carbonyl (C=O) groups excluding carboxylic acids is 3. The molecule has 3 aromatic rings. The number of nitrogens with one attached hydrogen (secondary N) is 1. The molecule has 0 radical (unpaired) electrons. The molecule has 1 aliphatic heterocycles. The first-order valence-corrected chi connectivity index (χ1v) is 14.1. The van der Waals surface area contributed by atoms with Crippen LogP contribution in [0.15, 0.2) is 77.0 Å². The molecule has 1 N–H and O–H groups in total. The van der Waals surface area contributed by atoms with Gasteiger partial charge in [0.05, 0.1) is 9.77 Å². The number of thiophene rings is 1. The first-order valence-electron chi connectivity index (χ1n) is 11.6. The fourth-order valence-corrected chi connectivity index (χ4v) is 5.92. The average Bonchev–Trinajstić information content (AvgIpc) is 3.46. The molecule has 194 valence electrons. The van der Waals surface area contributed by atoms with Crippen LogP contribution in [0.25, 0.3) is 0 Å². The largest absolute Gasteiger partial charge is 0.484 e. The molecule has 9 nitrogen and oxygen atoms in total. The Hall–Kier alpha value is -3.70. The van der Waals surface area contributed by atoms with Crippen molar-refractivity contribution >= 4 is 38.9 Å². The van der Waals surface area contributed by atoms with Crippen LogP contribution >= 0.6 is 11.3 Å². The molecule has 1 aliphatic rings. The topological polar surface area (TPSA) is 113 Å². The van der Waals surface area contributed by atoms with E-state index >= 15 is 0 Å². The molecule has 1 aromatic heterocycles. The number of amides is 3. The molecule has 1 fully saturated rings. The first-order chi connectivity index (χ1) is 17.8. The average molecular weight is 542 g/mol. The Morgan fingerprint density at radius 1 is 0.919 bits per heavy atom. The second kappa shape index (κ2) is 11.6. The molecule has 2 aromatic carbocycles. The van der Waals surface area contributed by atoms with Gasteiger partial charge >= 0.3 is 0 Å². The van der Waals surface area contributed by atoms with Gasteiger partial charge in [-0.05, 0) is 42.6 Å². The van der Waals surface area contributed by atoms with E-state index in [0.29, 0.717) is 10.6 Å². The van der Waals surface area contributed by atoms with Crippen molar-refractivity contribution in [2.75, 3.05) is 32.8 Å². The molecule has 1 saturated heterocycles. The zero-order valence-electron chi connectivity index (χ0n) is 20.2. The molecule has 0 spiro atoms. The summed E-state index contributed by atoms with van der Waals surface area (Å²) >= 11 is 1.15. The highest BCUT2D eigenvalue weighted by Gasteiger charge is 2.39. The fourth-order valence-electron chi connectivity index (χ4n) is 3.83. The van der Waals surface area contributed by atoms with Gasteiger partial charge in [0.25, 0.3) is 17.7 Å². The highest BCUT2D eigenvalue weighted by molar-refractivity contribution is 7.92. The summed E-state index contributed by atoms with van der Waals surface area (Å²) < 4.78 is 32.5. The van der Waals surface area contributed by atoms with Crippen LogP contribution in [-0.4, -0.2) is 74.1 Å². The Morgan fingerprint density at radius 3 is 2.19 bits per heavy atom. The van der Waals surface area contributed by atoms with Crippen LogP contribution in [0.4, 0.5) is 0 Å². The van der Waals surface area contributed by atoms with Crippen LogP contribution in [-0.2, 0) is 19.4 Å². The first kappa shape index (κ1) is 26.4. The summed E-state index contributed by atoms with van der Waals surface area (Å²) in [5.74, 6) is -1.03. The molecule has 1 unspecified atom stereocenters. The molecule has 0 aliphatic carbocycles. The molecule has 37 heavy (non-hydrogen) atoms. The minimum absolute atomic E-state index is 0.0604. The van der Waals surface area contributed by atoms with E-state index < -0.39 is 27.0 Å². The number of hydrogen-bond donors (Lipinski definition) is 1. The summed E-state index contributed by atoms with van der Waals surface area (Å²) in [5, 5.41) is 2.33. The predicted molar refractivity (Wildman–Crippen MR) is 139 cm³/mol. The number of ether oxygens (including phenoxy) is 1. The fraction of sp³-hybridized carbons (Fsp3) is 0.269. The lowest BCUT2D eigenvalue weighted by Crippen LogP contribution is -2.58. The summed E-state index contributed by atoms with van der Waals surface area (Å²) in [6, 6.07) is 18.3. The van der Waals surface area contributed by atoms with Crippen LogP contribution in [0.1, 0.15) is 15.2 Å². The highest BCUT2D eigenvalue weighted by Crippen LogP contribution is 2.20. The molecule has 2 heterocycles. The van der Waals surface area contributed by atoms with Gasteiger partial charge in [-0.15, -0.1) is 11.3 Å². The van der Waals surface area contributed by atoms with Crippen LogP contribution < -0.4 is 10.1 Å². The van der Waals surface area contributed by atoms with Crippen LogP contribution in [0.3, 0.4) is 0 Å². The van der Waals surface area contributed by atoms with Gasteiger partial charge in [0.1, 0.15) is 5.75 Å². The molecule has 11 heteroatoms. The molecule has 0 bridgehead atoms. The van der Waals surface area contributed by atoms with Crippen LogP contribution in [0.5, 0.6) is 5.75 Å². The van der Waals surface area contributed by atoms with Crippen LogP contribution in [0.2, 0.25) is 0 Å². The van der Waals surface area contributed by atoms with E-state index in [0.717, 1.165) is 16.9 Å². The maximum atomic E-state index is 13.5. The zero-order chi connectivity index (χ0) is 26.4. The van der Waals surface area contributed by atoms with Crippen molar-refractivity contribution in [1.29, 1.82) is 0 Å². The summed E-state index contributed by atoms with van der Waals surface area (Å²) in [6.45, 7) is 2.38. The number of benzene rings is 2. The Morgan fingerprint density at radius 2 is 1.57 bits per heavy atom. The third kappa shape index (κ3) is 6.36. The SMILES string of the molecule is Cc1ccc(S(=O)(=O)C(NC(=O)c2cccs2)C(=O)N2CCN(C(=O)COc3ccccc3)CC2)cc1. The Labute approximate surface area is 219 Å². The van der Waals surface area contributed by atoms with Crippen LogP contribution in [0, 0.1) is 6.92 Å². The zero-order valence-corrected chi connectivity index (χ0v) is 21.8. The number of nitrogens with zero attached hydrogens (tertiary/aromatic N) is 2. The second-order valence-corrected chi connectivity index (χ2v) is 11.5. The molecule has 3 amide bonds. The Balaban J connectivity index is 1.45. The highest BCUT2D eigenvalue weighted by atomic mass is 32.2. The standard InChI is InChI=1S/C26H27N3O6S2/c1-19-9-11-21(12-10-19)37(33,34)25(27-24(31)22-8-5-17-36-22)26(32)29-15-13-28(14-16-29)23(30)18-35-20-6-3-2-4-7-20/h2-12,17,25H,13-16,18H2,1H3,(H,27,31). The normalized spacial score (nSPS) is 14.6. The van der Waals surface area contributed by atoms with Crippen molar-refractivity contribution < 1.29 is 27.5 Å². The van der Waals surface area contributed by atoms with E-state index in [9.17, 15) is 22.8 Å². The molecule has 1 atom stereocenters. The van der Waals surface area contributed by atoms with Crippen molar-refractivity contribution in [3.05, 3.63) is 82.6 Å². The number of sulfone groups is 1. The van der Waals surface area contributed by atoms with E-state index in [1.807, 2.05) is 25.1 Å². The summed E-state index contributed by atoms with van der Waals surface area (Å²) in [5.41, 5.74) is 0.862. The van der Waals surface area contributed by atoms with E-state index in [1.54, 1.807) is 46.7 Å². The number of carbonyl (C=O) groups is 3. The van der Waals surface area contributed by atoms with Gasteiger partial charge in [-0.2, -0.15) is 0 Å². The van der Waals surface area contributed by atoms with Crippen molar-refractivity contribution in [1.82, 2.24) is 15.1 Å². The van der Waals surface area contributed by atoms with E-state index in [-0.39, 0.29) is 43.6 Å². The minimum atomic E-state index is -4.24. The molecule has 0 saturated carbocycles. The lowest BCUT2D eigenvalue weighted by atomic mass is 10.2. The quantitative estimate of drug-likeness (QED) is 0.469. The summed E-state index contributed by atoms with van der Waals surface area (Å²) in [6.07, 6.45) is 0. The van der Waals surface area contributed by atoms with Gasteiger partial charge < -0.3 is 19.9 Å². The van der Waals surface area contributed by atoms with E-state index in [2.05, 4.69) is 5.32 Å². The van der Waals surface area contributed by atoms with E-state index in [4.69, 9.17) is 4.74 Å². The van der Waals surface area contributed by atoms with Crippen molar-refractivity contribution in [3.63, 3.8) is 0 Å². The Kier molecular flexibility index (Phi) is 8.24. The van der Waals surface area contributed by atoms with E-state index in [1.165, 1.54) is 17.0 Å². The third-order valence-corrected chi connectivity index (χ3v) is 8.68. The van der Waals surface area contributed by atoms with Gasteiger partial charge in [0.2, 0.25) is 15.2 Å².